The van der Waals surface area contributed by atoms with Crippen LogP contribution >= 0.6 is 15.9 Å². The molecule has 0 aliphatic heterocycles. The first-order valence-electron chi connectivity index (χ1n) is 5.21. The summed E-state index contributed by atoms with van der Waals surface area (Å²) in [5.74, 6) is 1.72. The van der Waals surface area contributed by atoms with Gasteiger partial charge in [-0.1, -0.05) is 6.42 Å². The van der Waals surface area contributed by atoms with Crippen molar-refractivity contribution in [1.29, 1.82) is 0 Å². The molecule has 0 spiro atoms. The Hall–Kier alpha value is -0.280. The van der Waals surface area contributed by atoms with E-state index in [4.69, 9.17) is 4.42 Å². The Morgan fingerprint density at radius 1 is 1.50 bits per heavy atom. The van der Waals surface area contributed by atoms with Crippen LogP contribution in [0.1, 0.15) is 37.4 Å². The van der Waals surface area contributed by atoms with Crippen LogP contribution in [0.3, 0.4) is 0 Å². The molecule has 1 heterocycles. The zero-order chi connectivity index (χ0) is 9.97. The van der Waals surface area contributed by atoms with Gasteiger partial charge in [0.2, 0.25) is 0 Å². The molecule has 0 saturated heterocycles. The predicted octanol–water partition coefficient (Wildman–Crippen LogP) is 3.29. The summed E-state index contributed by atoms with van der Waals surface area (Å²) in [6.45, 7) is 0. The molecule has 1 fully saturated rings. The maximum Gasteiger partial charge on any atom is 0.121 e. The fourth-order valence-electron chi connectivity index (χ4n) is 2.29. The third kappa shape index (κ3) is 2.04. The number of rotatable bonds is 2. The molecule has 1 saturated carbocycles. The lowest BCUT2D eigenvalue weighted by molar-refractivity contribution is 0.318. The Labute approximate surface area is 93.2 Å². The van der Waals surface area contributed by atoms with Crippen molar-refractivity contribution in [3.63, 3.8) is 0 Å². The van der Waals surface area contributed by atoms with Gasteiger partial charge >= 0.3 is 0 Å². The molecule has 2 atom stereocenters. The van der Waals surface area contributed by atoms with Gasteiger partial charge in [0, 0.05) is 12.0 Å². The number of nitrogens with one attached hydrogen (secondary N) is 1. The van der Waals surface area contributed by atoms with Crippen molar-refractivity contribution in [2.24, 2.45) is 0 Å². The third-order valence-corrected chi connectivity index (χ3v) is 3.75. The molecule has 0 amide bonds. The van der Waals surface area contributed by atoms with Crippen molar-refractivity contribution in [3.05, 3.63) is 22.6 Å². The first-order chi connectivity index (χ1) is 6.81. The van der Waals surface area contributed by atoms with Crippen LogP contribution in [-0.4, -0.2) is 13.1 Å². The Bertz CT molecular complexity index is 297. The van der Waals surface area contributed by atoms with Crippen molar-refractivity contribution in [1.82, 2.24) is 5.32 Å². The number of halogens is 1. The van der Waals surface area contributed by atoms with Gasteiger partial charge in [0.1, 0.15) is 5.76 Å². The van der Waals surface area contributed by atoms with Gasteiger partial charge in [-0.25, -0.2) is 0 Å². The van der Waals surface area contributed by atoms with Crippen LogP contribution in [0.15, 0.2) is 21.2 Å². The summed E-state index contributed by atoms with van der Waals surface area (Å²) >= 11 is 3.53. The summed E-state index contributed by atoms with van der Waals surface area (Å²) in [5, 5.41) is 3.36. The molecular formula is C11H16BrNO. The first-order valence-corrected chi connectivity index (χ1v) is 6.00. The van der Waals surface area contributed by atoms with E-state index in [-0.39, 0.29) is 0 Å². The minimum atomic E-state index is 0.588. The minimum Gasteiger partial charge on any atom is -0.468 e. The maximum atomic E-state index is 5.52. The molecule has 0 radical (unpaired) electrons. The summed E-state index contributed by atoms with van der Waals surface area (Å²) < 4.78 is 6.65. The van der Waals surface area contributed by atoms with Crippen LogP contribution in [0.5, 0.6) is 0 Å². The highest BCUT2D eigenvalue weighted by molar-refractivity contribution is 9.10. The van der Waals surface area contributed by atoms with Gasteiger partial charge in [-0.15, -0.1) is 0 Å². The summed E-state index contributed by atoms with van der Waals surface area (Å²) in [6, 6.07) is 2.64. The van der Waals surface area contributed by atoms with Crippen LogP contribution in [0.25, 0.3) is 0 Å². The smallest absolute Gasteiger partial charge is 0.121 e. The average Bonchev–Trinajstić information content (AvgIpc) is 2.65. The van der Waals surface area contributed by atoms with Crippen molar-refractivity contribution in [2.45, 2.75) is 37.6 Å². The van der Waals surface area contributed by atoms with Crippen molar-refractivity contribution >= 4 is 15.9 Å². The second-order valence-electron chi connectivity index (χ2n) is 3.98. The second-order valence-corrected chi connectivity index (χ2v) is 4.84. The van der Waals surface area contributed by atoms with E-state index in [0.29, 0.717) is 12.0 Å². The van der Waals surface area contributed by atoms with Crippen molar-refractivity contribution < 1.29 is 4.42 Å². The monoisotopic (exact) mass is 257 g/mol. The van der Waals surface area contributed by atoms with Crippen molar-refractivity contribution in [3.8, 4) is 0 Å². The van der Waals surface area contributed by atoms with Crippen LogP contribution in [0.2, 0.25) is 0 Å². The lowest BCUT2D eigenvalue weighted by atomic mass is 9.84. The van der Waals surface area contributed by atoms with E-state index in [1.165, 1.54) is 25.7 Å². The summed E-state index contributed by atoms with van der Waals surface area (Å²) in [4.78, 5) is 0. The van der Waals surface area contributed by atoms with Gasteiger partial charge < -0.3 is 9.73 Å². The minimum absolute atomic E-state index is 0.588. The van der Waals surface area contributed by atoms with Crippen LogP contribution in [0, 0.1) is 0 Å². The highest BCUT2D eigenvalue weighted by atomic mass is 79.9. The Balaban J connectivity index is 2.08. The standard InChI is InChI=1S/C11H16BrNO/c1-13-9-4-2-3-8(7-9)11-10(12)5-6-14-11/h5-6,8-9,13H,2-4,7H2,1H3. The average molecular weight is 258 g/mol. The van der Waals surface area contributed by atoms with E-state index in [2.05, 4.69) is 21.2 Å². The molecule has 78 valence electrons. The molecule has 1 aliphatic carbocycles. The molecular weight excluding hydrogens is 242 g/mol. The molecule has 2 nitrogen and oxygen atoms in total. The van der Waals surface area contributed by atoms with Gasteiger partial charge in [0.25, 0.3) is 0 Å². The highest BCUT2D eigenvalue weighted by Crippen LogP contribution is 2.36. The van der Waals surface area contributed by atoms with Gasteiger partial charge in [-0.3, -0.25) is 0 Å². The van der Waals surface area contributed by atoms with Crippen molar-refractivity contribution in [2.75, 3.05) is 7.05 Å². The molecule has 1 N–H and O–H groups in total. The van der Waals surface area contributed by atoms with E-state index in [1.54, 1.807) is 6.26 Å². The highest BCUT2D eigenvalue weighted by Gasteiger charge is 2.25. The van der Waals surface area contributed by atoms with E-state index in [9.17, 15) is 0 Å². The largest absolute Gasteiger partial charge is 0.468 e. The topological polar surface area (TPSA) is 25.2 Å². The number of hydrogen-bond donors (Lipinski definition) is 1. The Morgan fingerprint density at radius 2 is 2.36 bits per heavy atom. The Kier molecular flexibility index (Phi) is 3.29. The quantitative estimate of drug-likeness (QED) is 0.880. The zero-order valence-corrected chi connectivity index (χ0v) is 10.0. The van der Waals surface area contributed by atoms with Gasteiger partial charge in [-0.2, -0.15) is 0 Å². The van der Waals surface area contributed by atoms with Gasteiger partial charge in [-0.05, 0) is 48.3 Å². The fraction of sp³-hybridized carbons (Fsp3) is 0.636. The molecule has 14 heavy (non-hydrogen) atoms. The first kappa shape index (κ1) is 10.2. The number of furan rings is 1. The maximum absolute atomic E-state index is 5.52. The van der Waals surface area contributed by atoms with Gasteiger partial charge in [0.05, 0.1) is 10.7 Å². The van der Waals surface area contributed by atoms with Crippen LogP contribution in [-0.2, 0) is 0 Å². The fourth-order valence-corrected chi connectivity index (χ4v) is 2.81. The molecule has 1 aliphatic rings. The predicted molar refractivity (Wildman–Crippen MR) is 60.5 cm³/mol. The molecule has 0 aromatic carbocycles. The molecule has 2 rings (SSSR count). The normalized spacial score (nSPS) is 27.9. The molecule has 2 unspecified atom stereocenters. The summed E-state index contributed by atoms with van der Waals surface area (Å²) in [6.07, 6.45) is 6.81. The zero-order valence-electron chi connectivity index (χ0n) is 8.42. The lowest BCUT2D eigenvalue weighted by Crippen LogP contribution is -2.30. The molecule has 1 aromatic rings. The number of hydrogen-bond acceptors (Lipinski definition) is 2. The second kappa shape index (κ2) is 4.49. The summed E-state index contributed by atoms with van der Waals surface area (Å²) in [7, 11) is 2.05. The Morgan fingerprint density at radius 3 is 3.00 bits per heavy atom. The molecule has 3 heteroatoms. The molecule has 1 aromatic heterocycles. The van der Waals surface area contributed by atoms with Crippen LogP contribution in [0.4, 0.5) is 0 Å². The van der Waals surface area contributed by atoms with Gasteiger partial charge in [0.15, 0.2) is 0 Å². The van der Waals surface area contributed by atoms with E-state index < -0.39 is 0 Å². The van der Waals surface area contributed by atoms with E-state index >= 15 is 0 Å². The lowest BCUT2D eigenvalue weighted by Gasteiger charge is -2.27. The van der Waals surface area contributed by atoms with Crippen LogP contribution < -0.4 is 5.32 Å². The third-order valence-electron chi connectivity index (χ3n) is 3.10. The molecule has 0 bridgehead atoms. The summed E-state index contributed by atoms with van der Waals surface area (Å²) in [5.41, 5.74) is 0. The van der Waals surface area contributed by atoms with E-state index in [0.717, 1.165) is 10.2 Å². The van der Waals surface area contributed by atoms with E-state index in [1.807, 2.05) is 13.1 Å². The SMILES string of the molecule is CNC1CCCC(c2occc2Br)C1.